The van der Waals surface area contributed by atoms with Crippen LogP contribution in [0, 0.1) is 118 Å². The Bertz CT molecular complexity index is 1320. The van der Waals surface area contributed by atoms with Crippen molar-refractivity contribution in [1.29, 1.82) is 0 Å². The number of rotatable bonds is 7. The number of halogens is 2. The Hall–Kier alpha value is -0.356. The van der Waals surface area contributed by atoms with Crippen LogP contribution in [-0.2, 0) is 4.79 Å². The van der Waals surface area contributed by atoms with Crippen molar-refractivity contribution < 1.29 is 110 Å². The average Bonchev–Trinajstić information content (AvgIpc) is 3.90. The minimum atomic E-state index is -2.79. The fourth-order valence-electron chi connectivity index (χ4n) is 4.45. The second-order valence-electron chi connectivity index (χ2n) is 9.82. The van der Waals surface area contributed by atoms with Gasteiger partial charge in [0.1, 0.15) is 22.3 Å². The Morgan fingerprint density at radius 2 is 1.84 bits per heavy atom. The number of pyridine rings is 1. The number of amides is 2. The molecule has 3 aliphatic rings. The second-order valence-corrected chi connectivity index (χ2v) is 11.0. The van der Waals surface area contributed by atoms with E-state index in [1.54, 1.807) is 31.1 Å². The number of carbonyl (C=O) groups excluding carboxylic acids is 2. The van der Waals surface area contributed by atoms with E-state index in [0.717, 1.165) is 18.4 Å². The van der Waals surface area contributed by atoms with E-state index >= 15 is 0 Å². The van der Waals surface area contributed by atoms with Gasteiger partial charge in [0.2, 0.25) is 5.91 Å². The molecular formula is C30H38CeF2N5O3RaS-. The van der Waals surface area contributed by atoms with Crippen LogP contribution < -0.4 is 20.9 Å². The Kier molecular flexibility index (Phi) is 17.7. The molecule has 1 aromatic carbocycles. The number of thioether (sulfide) groups is 1. The maximum absolute atomic E-state index is 13.6. The standard InChI is InChI=1S/C27H29F2N5O3S.C2H6.CH3.Ce.Ra/c1-34(2)26(36)20-11-17(20)15-7-8-16(18(10-15)19-12-21(24(28)29)30-13-22(19)37-3)25(35)31-27-33-32-23(38-27)9-6-14-4-5-14;1-2;;;/h7-8,10,12-14,17,20,23-24,27,32-33H,4-5,11H2,1-3H3,(H,31,35);1-2H3;1H3;;/q;;-1;;/t17-,20-,23?,27?;;;;/m1..../s1. The molecule has 3 N–H and O–H groups in total. The molecule has 1 aromatic heterocycles. The second kappa shape index (κ2) is 18.7. The first-order valence-electron chi connectivity index (χ1n) is 13.4. The molecule has 2 heterocycles. The van der Waals surface area contributed by atoms with Crippen LogP contribution in [0.25, 0.3) is 11.1 Å². The van der Waals surface area contributed by atoms with Crippen LogP contribution in [-0.4, -0.2) is 53.8 Å². The minimum Gasteiger partial charge on any atom is -0.494 e. The van der Waals surface area contributed by atoms with Crippen molar-refractivity contribution >= 4 is 23.6 Å². The molecule has 5 rings (SSSR count). The fourth-order valence-corrected chi connectivity index (χ4v) is 5.30. The maximum Gasteiger partial charge on any atom is 0.280 e. The smallest absolute Gasteiger partial charge is 0.280 e. The largest absolute Gasteiger partial charge is 0.494 e. The van der Waals surface area contributed by atoms with E-state index in [1.807, 2.05) is 19.9 Å². The van der Waals surface area contributed by atoms with Gasteiger partial charge < -0.3 is 22.4 Å². The predicted octanol–water partition coefficient (Wildman–Crippen LogP) is 4.96. The first kappa shape index (κ1) is 40.7. The summed E-state index contributed by atoms with van der Waals surface area (Å²) in [5, 5.41) is 2.78. The van der Waals surface area contributed by atoms with Gasteiger partial charge in [-0.2, -0.15) is 0 Å². The molecule has 1 saturated heterocycles. The molecule has 0 bridgehead atoms. The van der Waals surface area contributed by atoms with Crippen LogP contribution in [0.4, 0.5) is 8.78 Å². The SMILES string of the molecule is CC.COc1cnc(C(F)F)cc1-c1cc([C@H]2C[C@H]2C(=O)N(C)C)ccc1C(=O)NC1NNC(C#CC2CC2)S1.[CH3-].[Ce].[Ra]. The van der Waals surface area contributed by atoms with Gasteiger partial charge in [0.05, 0.1) is 13.3 Å². The van der Waals surface area contributed by atoms with Crippen molar-refractivity contribution in [2.45, 2.75) is 56.3 Å². The number of hydrogen-bond acceptors (Lipinski definition) is 7. The number of carbonyl (C=O) groups is 2. The number of nitrogens with zero attached hydrogens (tertiary/aromatic N) is 2. The zero-order valence-corrected chi connectivity index (χ0v) is 35.2. The maximum atomic E-state index is 13.6. The number of benzene rings is 1. The fraction of sp³-hybridized carbons (Fsp3) is 0.467. The van der Waals surface area contributed by atoms with E-state index in [9.17, 15) is 18.4 Å². The van der Waals surface area contributed by atoms with E-state index in [-0.39, 0.29) is 129 Å². The topological polar surface area (TPSA) is 95.6 Å². The Morgan fingerprint density at radius 1 is 1.14 bits per heavy atom. The molecule has 2 unspecified atom stereocenters. The molecule has 13 heteroatoms. The third-order valence-corrected chi connectivity index (χ3v) is 7.78. The van der Waals surface area contributed by atoms with Crippen molar-refractivity contribution in [3.63, 3.8) is 0 Å². The molecule has 2 amide bonds. The molecule has 3 fully saturated rings. The quantitative estimate of drug-likeness (QED) is 0.267. The Morgan fingerprint density at radius 3 is 2.44 bits per heavy atom. The number of methoxy groups -OCH3 is 1. The van der Waals surface area contributed by atoms with Gasteiger partial charge in [0.15, 0.2) is 0 Å². The van der Waals surface area contributed by atoms with E-state index in [4.69, 9.17) is 4.74 Å². The number of aromatic nitrogens is 1. The summed E-state index contributed by atoms with van der Waals surface area (Å²) in [6.45, 7) is 4.00. The molecule has 2 aromatic rings. The van der Waals surface area contributed by atoms with Crippen LogP contribution in [0.5, 0.6) is 5.75 Å². The molecule has 43 heavy (non-hydrogen) atoms. The van der Waals surface area contributed by atoms with E-state index in [2.05, 4.69) is 33.0 Å². The van der Waals surface area contributed by atoms with Gasteiger partial charge in [-0.05, 0) is 54.5 Å². The number of alkyl halides is 2. The minimum absolute atomic E-state index is 0. The van der Waals surface area contributed by atoms with E-state index in [1.165, 1.54) is 31.1 Å². The van der Waals surface area contributed by atoms with Gasteiger partial charge in [-0.1, -0.05) is 43.5 Å². The third kappa shape index (κ3) is 10.6. The first-order chi connectivity index (χ1) is 19.2. The van der Waals surface area contributed by atoms with Crippen LogP contribution in [0.15, 0.2) is 30.5 Å². The summed E-state index contributed by atoms with van der Waals surface area (Å²) >= 11 is 1.44. The van der Waals surface area contributed by atoms with Gasteiger partial charge in [0.25, 0.3) is 12.3 Å². The zero-order chi connectivity index (χ0) is 29.0. The van der Waals surface area contributed by atoms with Gasteiger partial charge in [0, 0.05) is 124 Å². The normalized spacial score (nSPS) is 21.3. The van der Waals surface area contributed by atoms with Crippen molar-refractivity contribution in [2.24, 2.45) is 11.8 Å². The van der Waals surface area contributed by atoms with Crippen molar-refractivity contribution in [2.75, 3.05) is 21.2 Å². The molecule has 0 spiro atoms. The molecule has 4 atom stereocenters. The molecule has 228 valence electrons. The van der Waals surface area contributed by atoms with Crippen LogP contribution in [0.2, 0.25) is 0 Å². The molecule has 2 aliphatic carbocycles. The summed E-state index contributed by atoms with van der Waals surface area (Å²) in [7, 11) is 4.86. The van der Waals surface area contributed by atoms with Crippen LogP contribution >= 0.6 is 11.8 Å². The van der Waals surface area contributed by atoms with Gasteiger partial charge in [-0.15, -0.1) is 0 Å². The first-order valence-corrected chi connectivity index (χ1v) is 14.4. The van der Waals surface area contributed by atoms with Crippen LogP contribution in [0.3, 0.4) is 0 Å². The van der Waals surface area contributed by atoms with Crippen molar-refractivity contribution in [3.05, 3.63) is 54.7 Å². The summed E-state index contributed by atoms with van der Waals surface area (Å²) in [5.41, 5.74) is 7.17. The summed E-state index contributed by atoms with van der Waals surface area (Å²) in [4.78, 5) is 31.3. The summed E-state index contributed by atoms with van der Waals surface area (Å²) in [5.74, 6) is 6.61. The summed E-state index contributed by atoms with van der Waals surface area (Å²) < 4.78 is 32.6. The number of hydrogen-bond donors (Lipinski definition) is 3. The molecular weight excluding hydrogens is 915 g/mol. The summed E-state index contributed by atoms with van der Waals surface area (Å²) in [6.07, 6.45) is 1.41. The third-order valence-electron chi connectivity index (χ3n) is 6.76. The van der Waals surface area contributed by atoms with E-state index < -0.39 is 17.6 Å². The van der Waals surface area contributed by atoms with Gasteiger partial charge in [-0.3, -0.25) is 14.6 Å². The molecule has 2 radical (unpaired) electrons. The van der Waals surface area contributed by atoms with Crippen LogP contribution in [0.1, 0.15) is 67.1 Å². The number of ether oxygens (including phenoxy) is 1. The zero-order valence-electron chi connectivity index (χ0n) is 25.5. The monoisotopic (exact) mass is 952 g/mol. The van der Waals surface area contributed by atoms with E-state index in [0.29, 0.717) is 29.0 Å². The predicted molar refractivity (Wildman–Crippen MR) is 158 cm³/mol. The summed E-state index contributed by atoms with van der Waals surface area (Å²) in [6, 6.07) is 6.55. The molecule has 2 saturated carbocycles. The molecule has 8 nitrogen and oxygen atoms in total. The Balaban J connectivity index is 0.00000181. The van der Waals surface area contributed by atoms with Gasteiger partial charge in [-0.25, -0.2) is 19.6 Å². The number of hydrazine groups is 1. The average molecular weight is 953 g/mol. The van der Waals surface area contributed by atoms with Crippen molar-refractivity contribution in [3.8, 4) is 28.7 Å². The van der Waals surface area contributed by atoms with Gasteiger partial charge >= 0.3 is 0 Å². The number of nitrogens with one attached hydrogen (secondary N) is 3. The Labute approximate surface area is 328 Å². The molecule has 1 aliphatic heterocycles. The van der Waals surface area contributed by atoms with Crippen molar-refractivity contribution in [1.82, 2.24) is 26.1 Å².